The van der Waals surface area contributed by atoms with E-state index in [-0.39, 0.29) is 10.0 Å². The lowest BCUT2D eigenvalue weighted by atomic mass is 10.2. The first-order chi connectivity index (χ1) is 8.58. The summed E-state index contributed by atoms with van der Waals surface area (Å²) in [6, 6.07) is 10.9. The van der Waals surface area contributed by atoms with E-state index in [1.165, 1.54) is 12.1 Å². The molecule has 0 aliphatic heterocycles. The second kappa shape index (κ2) is 5.91. The first-order valence-corrected chi connectivity index (χ1v) is 6.74. The predicted octanol–water partition coefficient (Wildman–Crippen LogP) is 5.51. The van der Waals surface area contributed by atoms with Gasteiger partial charge in [-0.15, -0.1) is 0 Å². The van der Waals surface area contributed by atoms with Crippen molar-refractivity contribution in [1.82, 2.24) is 0 Å². The fourth-order valence-electron chi connectivity index (χ4n) is 1.50. The molecule has 0 amide bonds. The van der Waals surface area contributed by atoms with Crippen LogP contribution in [0, 0.1) is 5.82 Å². The van der Waals surface area contributed by atoms with Crippen molar-refractivity contribution < 1.29 is 4.39 Å². The third kappa shape index (κ3) is 3.16. The number of anilines is 1. The average Bonchev–Trinajstić information content (AvgIpc) is 2.35. The van der Waals surface area contributed by atoms with E-state index in [9.17, 15) is 4.39 Å². The van der Waals surface area contributed by atoms with Gasteiger partial charge in [-0.25, -0.2) is 4.39 Å². The highest BCUT2D eigenvalue weighted by atomic mass is 79.9. The lowest BCUT2D eigenvalue weighted by molar-refractivity contribution is 0.629. The Hall–Kier alpha value is -0.770. The van der Waals surface area contributed by atoms with Gasteiger partial charge in [0.05, 0.1) is 10.0 Å². The third-order valence-corrected chi connectivity index (χ3v) is 3.75. The zero-order valence-electron chi connectivity index (χ0n) is 9.18. The molecule has 2 aromatic rings. The molecular formula is C13H9BrCl2FN. The van der Waals surface area contributed by atoms with E-state index in [1.54, 1.807) is 0 Å². The highest BCUT2D eigenvalue weighted by molar-refractivity contribution is 9.10. The van der Waals surface area contributed by atoms with Crippen LogP contribution >= 0.6 is 39.1 Å². The summed E-state index contributed by atoms with van der Waals surface area (Å²) < 4.78 is 14.2. The molecule has 2 rings (SSSR count). The zero-order valence-corrected chi connectivity index (χ0v) is 12.3. The Bertz CT molecular complexity index is 552. The highest BCUT2D eigenvalue weighted by Crippen LogP contribution is 2.28. The van der Waals surface area contributed by atoms with Gasteiger partial charge < -0.3 is 5.32 Å². The first-order valence-electron chi connectivity index (χ1n) is 5.20. The molecule has 0 atom stereocenters. The fraction of sp³-hybridized carbons (Fsp3) is 0.0769. The maximum atomic E-state index is 13.2. The molecule has 5 heteroatoms. The van der Waals surface area contributed by atoms with Crippen molar-refractivity contribution in [2.24, 2.45) is 0 Å². The minimum Gasteiger partial charge on any atom is -0.381 e. The largest absolute Gasteiger partial charge is 0.381 e. The van der Waals surface area contributed by atoms with Crippen LogP contribution in [0.4, 0.5) is 10.1 Å². The van der Waals surface area contributed by atoms with Crippen LogP contribution in [0.3, 0.4) is 0 Å². The summed E-state index contributed by atoms with van der Waals surface area (Å²) in [5.41, 5.74) is 1.77. The molecule has 94 valence electrons. The number of halogens is 4. The fourth-order valence-corrected chi connectivity index (χ4v) is 2.41. The normalized spacial score (nSPS) is 10.4. The molecule has 0 aliphatic carbocycles. The lowest BCUT2D eigenvalue weighted by Crippen LogP contribution is -2.00. The highest BCUT2D eigenvalue weighted by Gasteiger charge is 2.07. The summed E-state index contributed by atoms with van der Waals surface area (Å²) in [5.74, 6) is -0.593. The molecular weight excluding hydrogens is 340 g/mol. The number of nitrogens with one attached hydrogen (secondary N) is 1. The summed E-state index contributed by atoms with van der Waals surface area (Å²) >= 11 is 14.9. The molecule has 0 aromatic heterocycles. The smallest absolute Gasteiger partial charge is 0.160 e. The number of benzene rings is 2. The van der Waals surface area contributed by atoms with Crippen molar-refractivity contribution in [3.63, 3.8) is 0 Å². The van der Waals surface area contributed by atoms with E-state index in [1.807, 2.05) is 24.3 Å². The van der Waals surface area contributed by atoms with E-state index in [2.05, 4.69) is 21.2 Å². The van der Waals surface area contributed by atoms with E-state index < -0.39 is 5.82 Å². The van der Waals surface area contributed by atoms with E-state index in [0.717, 1.165) is 10.0 Å². The minimum absolute atomic E-state index is 0.0112. The van der Waals surface area contributed by atoms with Crippen LogP contribution in [0.15, 0.2) is 40.9 Å². The van der Waals surface area contributed by atoms with Gasteiger partial charge in [0.1, 0.15) is 0 Å². The van der Waals surface area contributed by atoms with Gasteiger partial charge in [-0.2, -0.15) is 0 Å². The summed E-state index contributed by atoms with van der Waals surface area (Å²) in [4.78, 5) is 0. The van der Waals surface area contributed by atoms with Crippen LogP contribution in [0.2, 0.25) is 10.0 Å². The van der Waals surface area contributed by atoms with Gasteiger partial charge in [-0.3, -0.25) is 0 Å². The lowest BCUT2D eigenvalue weighted by Gasteiger charge is -2.09. The Kier molecular flexibility index (Phi) is 4.49. The quantitative estimate of drug-likeness (QED) is 0.721. The average molecular weight is 349 g/mol. The summed E-state index contributed by atoms with van der Waals surface area (Å²) in [6.45, 7) is 0.597. The Morgan fingerprint density at radius 3 is 2.33 bits per heavy atom. The minimum atomic E-state index is -0.593. The van der Waals surface area contributed by atoms with E-state index in [4.69, 9.17) is 23.2 Å². The van der Waals surface area contributed by atoms with Gasteiger partial charge >= 0.3 is 0 Å². The molecule has 0 unspecified atom stereocenters. The summed E-state index contributed by atoms with van der Waals surface area (Å²) in [6.07, 6.45) is 0. The molecule has 0 spiro atoms. The molecule has 0 bridgehead atoms. The molecule has 1 nitrogen and oxygen atoms in total. The van der Waals surface area contributed by atoms with Crippen molar-refractivity contribution in [3.05, 3.63) is 62.3 Å². The molecule has 0 fully saturated rings. The predicted molar refractivity (Wildman–Crippen MR) is 77.9 cm³/mol. The van der Waals surface area contributed by atoms with Crippen molar-refractivity contribution in [2.45, 2.75) is 6.54 Å². The monoisotopic (exact) mass is 347 g/mol. The molecule has 1 N–H and O–H groups in total. The van der Waals surface area contributed by atoms with Crippen LogP contribution in [0.1, 0.15) is 5.56 Å². The molecule has 0 saturated carbocycles. The van der Waals surface area contributed by atoms with Crippen LogP contribution in [0.5, 0.6) is 0 Å². The van der Waals surface area contributed by atoms with Crippen LogP contribution in [-0.2, 0) is 6.54 Å². The van der Waals surface area contributed by atoms with Gasteiger partial charge in [0.25, 0.3) is 0 Å². The van der Waals surface area contributed by atoms with Crippen LogP contribution in [-0.4, -0.2) is 0 Å². The second-order valence-electron chi connectivity index (χ2n) is 3.70. The summed E-state index contributed by atoms with van der Waals surface area (Å²) in [5, 5.41) is 3.17. The molecule has 0 aliphatic rings. The first kappa shape index (κ1) is 13.7. The van der Waals surface area contributed by atoms with E-state index in [0.29, 0.717) is 12.2 Å². The topological polar surface area (TPSA) is 12.0 Å². The van der Waals surface area contributed by atoms with Crippen LogP contribution in [0.25, 0.3) is 0 Å². The third-order valence-electron chi connectivity index (χ3n) is 2.42. The van der Waals surface area contributed by atoms with Crippen molar-refractivity contribution in [2.75, 3.05) is 5.32 Å². The summed E-state index contributed by atoms with van der Waals surface area (Å²) in [7, 11) is 0. The molecule has 0 radical (unpaired) electrons. The van der Waals surface area contributed by atoms with E-state index >= 15 is 0 Å². The zero-order chi connectivity index (χ0) is 13.1. The molecule has 0 heterocycles. The SMILES string of the molecule is Fc1c(Cl)cc(NCc2ccccc2Br)cc1Cl. The molecule has 0 saturated heterocycles. The maximum absolute atomic E-state index is 13.2. The number of rotatable bonds is 3. The maximum Gasteiger partial charge on any atom is 0.160 e. The molecule has 2 aromatic carbocycles. The van der Waals surface area contributed by atoms with Gasteiger partial charge in [-0.1, -0.05) is 57.3 Å². The number of hydrogen-bond donors (Lipinski definition) is 1. The van der Waals surface area contributed by atoms with Crippen LogP contribution < -0.4 is 5.32 Å². The van der Waals surface area contributed by atoms with Crippen molar-refractivity contribution in [3.8, 4) is 0 Å². The van der Waals surface area contributed by atoms with Gasteiger partial charge in [0, 0.05) is 16.7 Å². The van der Waals surface area contributed by atoms with Gasteiger partial charge in [0.15, 0.2) is 5.82 Å². The van der Waals surface area contributed by atoms with Gasteiger partial charge in [0.2, 0.25) is 0 Å². The standard InChI is InChI=1S/C13H9BrCl2FN/c14-10-4-2-1-3-8(10)7-18-9-5-11(15)13(17)12(16)6-9/h1-6,18H,7H2. The number of hydrogen-bond acceptors (Lipinski definition) is 1. The van der Waals surface area contributed by atoms with Gasteiger partial charge in [-0.05, 0) is 23.8 Å². The Balaban J connectivity index is 2.14. The Labute approximate surface area is 123 Å². The molecule has 18 heavy (non-hydrogen) atoms. The Morgan fingerprint density at radius 1 is 1.11 bits per heavy atom. The Morgan fingerprint density at radius 2 is 1.72 bits per heavy atom. The van der Waals surface area contributed by atoms with Crippen molar-refractivity contribution >= 4 is 44.8 Å². The second-order valence-corrected chi connectivity index (χ2v) is 5.37. The van der Waals surface area contributed by atoms with Crippen molar-refractivity contribution in [1.29, 1.82) is 0 Å².